The van der Waals surface area contributed by atoms with Crippen molar-refractivity contribution in [2.24, 2.45) is 5.92 Å². The fourth-order valence-electron chi connectivity index (χ4n) is 3.75. The normalized spacial score (nSPS) is 26.0. The first-order valence-corrected chi connectivity index (χ1v) is 8.35. The molecule has 1 saturated carbocycles. The number of aryl methyl sites for hydroxylation is 2. The second-order valence-corrected chi connectivity index (χ2v) is 7.08. The summed E-state index contributed by atoms with van der Waals surface area (Å²) >= 11 is 6.21. The van der Waals surface area contributed by atoms with Gasteiger partial charge in [0.25, 0.3) is 0 Å². The average Bonchev–Trinajstić information content (AvgIpc) is 2.93. The molecule has 2 atom stereocenters. The van der Waals surface area contributed by atoms with Crippen molar-refractivity contribution < 1.29 is 5.11 Å². The third-order valence-electron chi connectivity index (χ3n) is 4.80. The highest BCUT2D eigenvalue weighted by atomic mass is 35.5. The highest BCUT2D eigenvalue weighted by molar-refractivity contribution is 6.31. The molecule has 0 amide bonds. The molecule has 2 rings (SSSR count). The minimum absolute atomic E-state index is 0.117. The fraction of sp³-hybridized carbons (Fsp3) is 0.812. The number of nitrogens with one attached hydrogen (secondary N) is 1. The molecule has 0 aromatic carbocycles. The zero-order valence-electron chi connectivity index (χ0n) is 13.6. The summed E-state index contributed by atoms with van der Waals surface area (Å²) in [6, 6.07) is 0.390. The van der Waals surface area contributed by atoms with Crippen LogP contribution in [0.15, 0.2) is 0 Å². The largest absolute Gasteiger partial charge is 0.394 e. The molecule has 0 spiro atoms. The average molecular weight is 314 g/mol. The summed E-state index contributed by atoms with van der Waals surface area (Å²) in [5, 5.41) is 18.8. The molecule has 120 valence electrons. The quantitative estimate of drug-likeness (QED) is 0.848. The monoisotopic (exact) mass is 313 g/mol. The topological polar surface area (TPSA) is 50.1 Å². The van der Waals surface area contributed by atoms with E-state index in [4.69, 9.17) is 11.6 Å². The summed E-state index contributed by atoms with van der Waals surface area (Å²) in [7, 11) is 0. The highest BCUT2D eigenvalue weighted by Gasteiger charge is 2.42. The number of halogens is 1. The standard InChI is InChI=1S/C16H28ClN3O/c1-11(2)18-16(10-21)8-5-6-14(16)7-9-20-13(4)15(17)12(3)19-20/h11,14,18,21H,5-10H2,1-4H3. The van der Waals surface area contributed by atoms with Crippen molar-refractivity contribution >= 4 is 11.6 Å². The van der Waals surface area contributed by atoms with Crippen LogP contribution in [-0.2, 0) is 6.54 Å². The number of aliphatic hydroxyl groups is 1. The summed E-state index contributed by atoms with van der Waals surface area (Å²) in [5.41, 5.74) is 1.82. The van der Waals surface area contributed by atoms with Gasteiger partial charge >= 0.3 is 0 Å². The fourth-order valence-corrected chi connectivity index (χ4v) is 3.89. The van der Waals surface area contributed by atoms with Crippen molar-refractivity contribution in [1.82, 2.24) is 15.1 Å². The van der Waals surface area contributed by atoms with E-state index in [-0.39, 0.29) is 12.1 Å². The van der Waals surface area contributed by atoms with E-state index in [1.807, 2.05) is 18.5 Å². The van der Waals surface area contributed by atoms with Crippen LogP contribution in [0.4, 0.5) is 0 Å². The van der Waals surface area contributed by atoms with Crippen LogP contribution in [0.2, 0.25) is 5.02 Å². The predicted octanol–water partition coefficient (Wildman–Crippen LogP) is 3.07. The molecule has 0 saturated heterocycles. The minimum Gasteiger partial charge on any atom is -0.394 e. The van der Waals surface area contributed by atoms with Gasteiger partial charge in [0.1, 0.15) is 0 Å². The SMILES string of the molecule is Cc1nn(CCC2CCCC2(CO)NC(C)C)c(C)c1Cl. The lowest BCUT2D eigenvalue weighted by atomic mass is 9.84. The van der Waals surface area contributed by atoms with Crippen molar-refractivity contribution in [2.45, 2.75) is 71.5 Å². The Labute approximate surface area is 132 Å². The van der Waals surface area contributed by atoms with Crippen LogP contribution in [0.1, 0.15) is 50.9 Å². The van der Waals surface area contributed by atoms with Crippen LogP contribution in [0.3, 0.4) is 0 Å². The van der Waals surface area contributed by atoms with Gasteiger partial charge in [-0.2, -0.15) is 5.10 Å². The predicted molar refractivity (Wildman–Crippen MR) is 86.8 cm³/mol. The second kappa shape index (κ2) is 6.67. The second-order valence-electron chi connectivity index (χ2n) is 6.70. The van der Waals surface area contributed by atoms with Crippen molar-refractivity contribution in [3.8, 4) is 0 Å². The van der Waals surface area contributed by atoms with E-state index in [1.54, 1.807) is 0 Å². The lowest BCUT2D eigenvalue weighted by Gasteiger charge is -2.37. The van der Waals surface area contributed by atoms with Crippen LogP contribution in [0, 0.1) is 19.8 Å². The van der Waals surface area contributed by atoms with Crippen LogP contribution >= 0.6 is 11.6 Å². The van der Waals surface area contributed by atoms with Crippen molar-refractivity contribution in [3.63, 3.8) is 0 Å². The molecule has 1 heterocycles. The smallest absolute Gasteiger partial charge is 0.0844 e. The lowest BCUT2D eigenvalue weighted by molar-refractivity contribution is 0.108. The van der Waals surface area contributed by atoms with E-state index in [1.165, 1.54) is 12.8 Å². The molecular weight excluding hydrogens is 286 g/mol. The maximum atomic E-state index is 9.93. The number of hydrogen-bond donors (Lipinski definition) is 2. The van der Waals surface area contributed by atoms with E-state index in [9.17, 15) is 5.11 Å². The summed E-state index contributed by atoms with van der Waals surface area (Å²) in [6.45, 7) is 9.34. The number of hydrogen-bond acceptors (Lipinski definition) is 3. The van der Waals surface area contributed by atoms with E-state index in [0.29, 0.717) is 12.0 Å². The van der Waals surface area contributed by atoms with Crippen LogP contribution in [0.5, 0.6) is 0 Å². The van der Waals surface area contributed by atoms with Gasteiger partial charge in [-0.1, -0.05) is 31.9 Å². The maximum absolute atomic E-state index is 9.93. The molecule has 1 fully saturated rings. The Morgan fingerprint density at radius 2 is 2.19 bits per heavy atom. The Kier molecular flexibility index (Phi) is 5.33. The molecular formula is C16H28ClN3O. The summed E-state index contributed by atoms with van der Waals surface area (Å²) in [5.74, 6) is 0.493. The summed E-state index contributed by atoms with van der Waals surface area (Å²) < 4.78 is 2.01. The van der Waals surface area contributed by atoms with Gasteiger partial charge in [-0.05, 0) is 39.0 Å². The Bertz CT molecular complexity index is 486. The lowest BCUT2D eigenvalue weighted by Crippen LogP contribution is -2.54. The summed E-state index contributed by atoms with van der Waals surface area (Å²) in [6.07, 6.45) is 4.44. The molecule has 5 heteroatoms. The molecule has 1 aromatic rings. The first kappa shape index (κ1) is 16.8. The molecule has 2 N–H and O–H groups in total. The molecule has 0 aliphatic heterocycles. The maximum Gasteiger partial charge on any atom is 0.0844 e. The highest BCUT2D eigenvalue weighted by Crippen LogP contribution is 2.38. The molecule has 0 radical (unpaired) electrons. The van der Waals surface area contributed by atoms with Gasteiger partial charge in [0.15, 0.2) is 0 Å². The Morgan fingerprint density at radius 1 is 1.48 bits per heavy atom. The molecule has 1 aliphatic carbocycles. The zero-order chi connectivity index (χ0) is 15.6. The zero-order valence-corrected chi connectivity index (χ0v) is 14.4. The van der Waals surface area contributed by atoms with Crippen LogP contribution < -0.4 is 5.32 Å². The molecule has 4 nitrogen and oxygen atoms in total. The number of aliphatic hydroxyl groups excluding tert-OH is 1. The number of nitrogens with zero attached hydrogens (tertiary/aromatic N) is 2. The van der Waals surface area contributed by atoms with Gasteiger partial charge in [0.2, 0.25) is 0 Å². The third-order valence-corrected chi connectivity index (χ3v) is 5.34. The van der Waals surface area contributed by atoms with E-state index in [2.05, 4.69) is 24.3 Å². The first-order valence-electron chi connectivity index (χ1n) is 7.97. The van der Waals surface area contributed by atoms with Gasteiger partial charge < -0.3 is 10.4 Å². The first-order chi connectivity index (χ1) is 9.89. The molecule has 0 bridgehead atoms. The van der Waals surface area contributed by atoms with Crippen molar-refractivity contribution in [3.05, 3.63) is 16.4 Å². The molecule has 21 heavy (non-hydrogen) atoms. The van der Waals surface area contributed by atoms with E-state index in [0.717, 1.165) is 35.8 Å². The van der Waals surface area contributed by atoms with E-state index < -0.39 is 0 Å². The van der Waals surface area contributed by atoms with E-state index >= 15 is 0 Å². The van der Waals surface area contributed by atoms with Gasteiger partial charge in [0.05, 0.1) is 23.0 Å². The van der Waals surface area contributed by atoms with Gasteiger partial charge in [-0.15, -0.1) is 0 Å². The van der Waals surface area contributed by atoms with Crippen molar-refractivity contribution in [1.29, 1.82) is 0 Å². The molecule has 1 aliphatic rings. The Balaban J connectivity index is 2.05. The summed E-state index contributed by atoms with van der Waals surface area (Å²) in [4.78, 5) is 0. The number of aromatic nitrogens is 2. The Morgan fingerprint density at radius 3 is 2.71 bits per heavy atom. The number of rotatable bonds is 6. The van der Waals surface area contributed by atoms with Gasteiger partial charge in [0, 0.05) is 18.1 Å². The van der Waals surface area contributed by atoms with Crippen molar-refractivity contribution in [2.75, 3.05) is 6.61 Å². The van der Waals surface area contributed by atoms with Crippen LogP contribution in [-0.4, -0.2) is 33.1 Å². The van der Waals surface area contributed by atoms with Gasteiger partial charge in [-0.3, -0.25) is 4.68 Å². The minimum atomic E-state index is -0.117. The Hall–Kier alpha value is -0.580. The molecule has 1 aromatic heterocycles. The molecule has 2 unspecified atom stereocenters. The third kappa shape index (κ3) is 3.43. The van der Waals surface area contributed by atoms with Gasteiger partial charge in [-0.25, -0.2) is 0 Å². The van der Waals surface area contributed by atoms with Crippen LogP contribution in [0.25, 0.3) is 0 Å².